The minimum atomic E-state index is 0.735. The smallest absolute Gasteiger partial charge is 0.113 e. The Kier molecular flexibility index (Phi) is 2.82. The highest BCUT2D eigenvalue weighted by Gasteiger charge is 2.07. The van der Waals surface area contributed by atoms with E-state index in [0.717, 1.165) is 27.1 Å². The minimum Gasteiger partial charge on any atom is -0.360 e. The molecule has 2 aromatic carbocycles. The normalized spacial score (nSPS) is 10.4. The Labute approximate surface area is 111 Å². The van der Waals surface area contributed by atoms with Gasteiger partial charge in [-0.2, -0.15) is 0 Å². The molecule has 0 spiro atoms. The third kappa shape index (κ3) is 2.00. The largest absolute Gasteiger partial charge is 0.360 e. The van der Waals surface area contributed by atoms with Crippen LogP contribution in [0.15, 0.2) is 60.8 Å². The lowest BCUT2D eigenvalue weighted by atomic mass is 10.1. The number of para-hydroxylation sites is 2. The van der Waals surface area contributed by atoms with Crippen LogP contribution in [-0.2, 0) is 0 Å². The summed E-state index contributed by atoms with van der Waals surface area (Å²) in [5.41, 5.74) is 3.14. The summed E-state index contributed by atoms with van der Waals surface area (Å²) in [7, 11) is 0. The zero-order chi connectivity index (χ0) is 12.4. The first-order valence-corrected chi connectivity index (χ1v) is 6.18. The van der Waals surface area contributed by atoms with E-state index in [0.29, 0.717) is 0 Å². The van der Waals surface area contributed by atoms with Crippen LogP contribution in [0.1, 0.15) is 5.56 Å². The third-order valence-electron chi connectivity index (χ3n) is 2.87. The quantitative estimate of drug-likeness (QED) is 0.676. The lowest BCUT2D eigenvalue weighted by molar-refractivity contribution is 1.47. The van der Waals surface area contributed by atoms with Gasteiger partial charge in [-0.15, -0.1) is 0 Å². The Morgan fingerprint density at radius 2 is 1.67 bits per heavy atom. The molecular weight excluding hydrogens is 240 g/mol. The lowest BCUT2D eigenvalue weighted by Gasteiger charge is -2.06. The third-order valence-corrected chi connectivity index (χ3v) is 3.19. The topological polar surface area (TPSA) is 27.8 Å². The summed E-state index contributed by atoms with van der Waals surface area (Å²) in [6.07, 6.45) is 1.95. The molecule has 2 N–H and O–H groups in total. The molecule has 18 heavy (non-hydrogen) atoms. The van der Waals surface area contributed by atoms with E-state index in [1.54, 1.807) is 0 Å². The molecule has 1 aromatic heterocycles. The van der Waals surface area contributed by atoms with Crippen molar-refractivity contribution < 1.29 is 0 Å². The number of hydrogen-bond donors (Lipinski definition) is 2. The number of aromatic nitrogens is 1. The predicted molar refractivity (Wildman–Crippen MR) is 80.1 cm³/mol. The van der Waals surface area contributed by atoms with Gasteiger partial charge in [-0.1, -0.05) is 48.6 Å². The standard InChI is InChI=1S/C15H12N2S/c18-15(17-11-6-2-1-3-7-11)13-10-16-14-9-5-4-8-12(13)14/h1-10,16H,(H,17,18). The molecule has 0 radical (unpaired) electrons. The average Bonchev–Trinajstić information content (AvgIpc) is 2.84. The molecule has 3 rings (SSSR count). The number of nitrogens with one attached hydrogen (secondary N) is 2. The molecular formula is C15H12N2S. The molecule has 0 saturated carbocycles. The molecule has 0 fully saturated rings. The zero-order valence-electron chi connectivity index (χ0n) is 9.68. The highest BCUT2D eigenvalue weighted by molar-refractivity contribution is 7.81. The molecule has 2 nitrogen and oxygen atoms in total. The molecule has 3 heteroatoms. The first kappa shape index (κ1) is 11.0. The van der Waals surface area contributed by atoms with Gasteiger partial charge in [0, 0.05) is 28.4 Å². The fourth-order valence-corrected chi connectivity index (χ4v) is 2.27. The number of rotatable bonds is 2. The average molecular weight is 252 g/mol. The van der Waals surface area contributed by atoms with E-state index in [2.05, 4.69) is 16.4 Å². The van der Waals surface area contributed by atoms with Gasteiger partial charge < -0.3 is 10.3 Å². The van der Waals surface area contributed by atoms with E-state index < -0.39 is 0 Å². The Bertz CT molecular complexity index is 686. The maximum absolute atomic E-state index is 5.45. The highest BCUT2D eigenvalue weighted by Crippen LogP contribution is 2.19. The molecule has 0 atom stereocenters. The van der Waals surface area contributed by atoms with Crippen molar-refractivity contribution in [3.63, 3.8) is 0 Å². The SMILES string of the molecule is S=C(Nc1ccccc1)c1c[nH]c2ccccc12. The molecule has 0 aliphatic rings. The maximum atomic E-state index is 5.45. The zero-order valence-corrected chi connectivity index (χ0v) is 10.5. The summed E-state index contributed by atoms with van der Waals surface area (Å²) >= 11 is 5.45. The van der Waals surface area contributed by atoms with Crippen LogP contribution in [0.25, 0.3) is 10.9 Å². The highest BCUT2D eigenvalue weighted by atomic mass is 32.1. The monoisotopic (exact) mass is 252 g/mol. The number of anilines is 1. The van der Waals surface area contributed by atoms with Crippen LogP contribution in [0.5, 0.6) is 0 Å². The number of hydrogen-bond acceptors (Lipinski definition) is 1. The first-order valence-electron chi connectivity index (χ1n) is 5.77. The molecule has 0 unspecified atom stereocenters. The number of benzene rings is 2. The second kappa shape index (κ2) is 4.63. The number of aromatic amines is 1. The summed E-state index contributed by atoms with van der Waals surface area (Å²) < 4.78 is 0. The molecule has 0 amide bonds. The van der Waals surface area contributed by atoms with Gasteiger partial charge in [0.1, 0.15) is 4.99 Å². The first-order chi connectivity index (χ1) is 8.84. The Morgan fingerprint density at radius 3 is 2.50 bits per heavy atom. The van der Waals surface area contributed by atoms with Gasteiger partial charge in [0.25, 0.3) is 0 Å². The number of thiocarbonyl (C=S) groups is 1. The second-order valence-corrected chi connectivity index (χ2v) is 4.48. The van der Waals surface area contributed by atoms with Gasteiger partial charge >= 0.3 is 0 Å². The fourth-order valence-electron chi connectivity index (χ4n) is 1.98. The van der Waals surface area contributed by atoms with Crippen LogP contribution in [0.4, 0.5) is 5.69 Å². The summed E-state index contributed by atoms with van der Waals surface area (Å²) in [6.45, 7) is 0. The van der Waals surface area contributed by atoms with Gasteiger partial charge in [-0.25, -0.2) is 0 Å². The van der Waals surface area contributed by atoms with Gasteiger partial charge in [-0.05, 0) is 18.2 Å². The van der Waals surface area contributed by atoms with Crippen molar-refractivity contribution in [2.75, 3.05) is 5.32 Å². The van der Waals surface area contributed by atoms with Crippen molar-refractivity contribution in [3.8, 4) is 0 Å². The summed E-state index contributed by atoms with van der Waals surface area (Å²) in [6, 6.07) is 18.1. The second-order valence-electron chi connectivity index (χ2n) is 4.07. The van der Waals surface area contributed by atoms with Crippen LogP contribution in [0.3, 0.4) is 0 Å². The van der Waals surface area contributed by atoms with Crippen LogP contribution >= 0.6 is 12.2 Å². The molecule has 0 aliphatic heterocycles. The lowest BCUT2D eigenvalue weighted by Crippen LogP contribution is -2.09. The van der Waals surface area contributed by atoms with Gasteiger partial charge in [0.15, 0.2) is 0 Å². The van der Waals surface area contributed by atoms with Crippen LogP contribution < -0.4 is 5.32 Å². The van der Waals surface area contributed by atoms with E-state index in [9.17, 15) is 0 Å². The van der Waals surface area contributed by atoms with Crippen molar-refractivity contribution in [1.29, 1.82) is 0 Å². The fraction of sp³-hybridized carbons (Fsp3) is 0. The van der Waals surface area contributed by atoms with Crippen molar-refractivity contribution in [1.82, 2.24) is 4.98 Å². The number of fused-ring (bicyclic) bond motifs is 1. The van der Waals surface area contributed by atoms with Crippen LogP contribution in [0.2, 0.25) is 0 Å². The molecule has 1 heterocycles. The van der Waals surface area contributed by atoms with E-state index in [4.69, 9.17) is 12.2 Å². The van der Waals surface area contributed by atoms with Gasteiger partial charge in [-0.3, -0.25) is 0 Å². The van der Waals surface area contributed by atoms with Crippen LogP contribution in [-0.4, -0.2) is 9.97 Å². The Morgan fingerprint density at radius 1 is 0.944 bits per heavy atom. The molecule has 0 aliphatic carbocycles. The Hall–Kier alpha value is -2.13. The van der Waals surface area contributed by atoms with E-state index in [-0.39, 0.29) is 0 Å². The Balaban J connectivity index is 1.93. The summed E-state index contributed by atoms with van der Waals surface area (Å²) in [5, 5.41) is 4.39. The molecule has 0 bridgehead atoms. The molecule has 3 aromatic rings. The molecule has 88 valence electrons. The predicted octanol–water partition coefficient (Wildman–Crippen LogP) is 3.96. The van der Waals surface area contributed by atoms with Crippen molar-refractivity contribution >= 4 is 33.8 Å². The van der Waals surface area contributed by atoms with Crippen LogP contribution in [0, 0.1) is 0 Å². The van der Waals surface area contributed by atoms with E-state index in [1.807, 2.05) is 54.7 Å². The van der Waals surface area contributed by atoms with E-state index in [1.165, 1.54) is 0 Å². The van der Waals surface area contributed by atoms with Crippen molar-refractivity contribution in [2.24, 2.45) is 0 Å². The van der Waals surface area contributed by atoms with Gasteiger partial charge in [0.2, 0.25) is 0 Å². The minimum absolute atomic E-state index is 0.735. The summed E-state index contributed by atoms with van der Waals surface area (Å²) in [5.74, 6) is 0. The summed E-state index contributed by atoms with van der Waals surface area (Å²) in [4.78, 5) is 3.96. The van der Waals surface area contributed by atoms with Crippen molar-refractivity contribution in [2.45, 2.75) is 0 Å². The van der Waals surface area contributed by atoms with Gasteiger partial charge in [0.05, 0.1) is 0 Å². The maximum Gasteiger partial charge on any atom is 0.113 e. The molecule has 0 saturated heterocycles. The van der Waals surface area contributed by atoms with E-state index >= 15 is 0 Å². The van der Waals surface area contributed by atoms with Crippen molar-refractivity contribution in [3.05, 3.63) is 66.4 Å². The number of H-pyrrole nitrogens is 1.